The second-order valence-electron chi connectivity index (χ2n) is 22.4. The van der Waals surface area contributed by atoms with Crippen molar-refractivity contribution in [1.82, 2.24) is 0 Å². The van der Waals surface area contributed by atoms with Crippen molar-refractivity contribution in [3.8, 4) is 0 Å². The number of carbonyl (C=O) groups is 3. The number of hydrogen-bond acceptors (Lipinski definition) is 6. The van der Waals surface area contributed by atoms with Gasteiger partial charge in [-0.15, -0.1) is 0 Å². The molecule has 0 aromatic heterocycles. The van der Waals surface area contributed by atoms with Crippen molar-refractivity contribution in [3.05, 3.63) is 60.8 Å². The molecule has 0 saturated carbocycles. The Morgan fingerprint density at radius 2 is 0.526 bits per heavy atom. The van der Waals surface area contributed by atoms with Gasteiger partial charge < -0.3 is 14.2 Å². The Labute approximate surface area is 472 Å². The van der Waals surface area contributed by atoms with Gasteiger partial charge >= 0.3 is 17.9 Å². The molecule has 0 amide bonds. The highest BCUT2D eigenvalue weighted by molar-refractivity contribution is 5.71. The number of ether oxygens (including phenoxy) is 3. The van der Waals surface area contributed by atoms with Gasteiger partial charge in [-0.1, -0.05) is 313 Å². The van der Waals surface area contributed by atoms with Crippen molar-refractivity contribution in [2.75, 3.05) is 13.2 Å². The molecule has 0 N–H and O–H groups in total. The van der Waals surface area contributed by atoms with Crippen LogP contribution >= 0.6 is 0 Å². The molecule has 0 heterocycles. The van der Waals surface area contributed by atoms with E-state index in [-0.39, 0.29) is 31.1 Å². The van der Waals surface area contributed by atoms with Crippen molar-refractivity contribution in [3.63, 3.8) is 0 Å². The highest BCUT2D eigenvalue weighted by atomic mass is 16.6. The Hall–Kier alpha value is -2.89. The van der Waals surface area contributed by atoms with Crippen LogP contribution in [0, 0.1) is 0 Å². The minimum atomic E-state index is -0.779. The average Bonchev–Trinajstić information content (AvgIpc) is 3.42. The van der Waals surface area contributed by atoms with Gasteiger partial charge in [0.15, 0.2) is 6.10 Å². The van der Waals surface area contributed by atoms with Crippen molar-refractivity contribution >= 4 is 17.9 Å². The summed E-state index contributed by atoms with van der Waals surface area (Å²) in [5.41, 5.74) is 0. The number of rotatable bonds is 61. The topological polar surface area (TPSA) is 78.9 Å². The summed E-state index contributed by atoms with van der Waals surface area (Å²) in [5, 5.41) is 0. The monoisotopic (exact) mass is 1060 g/mol. The molecular weight excluding hydrogens is 937 g/mol. The highest BCUT2D eigenvalue weighted by Gasteiger charge is 2.19. The van der Waals surface area contributed by atoms with Gasteiger partial charge in [0.25, 0.3) is 0 Å². The van der Waals surface area contributed by atoms with Gasteiger partial charge in [-0.25, -0.2) is 0 Å². The molecule has 0 aliphatic heterocycles. The second kappa shape index (κ2) is 64.6. The Kier molecular flexibility index (Phi) is 62.2. The lowest BCUT2D eigenvalue weighted by molar-refractivity contribution is -0.167. The maximum atomic E-state index is 12.9. The summed E-state index contributed by atoms with van der Waals surface area (Å²) in [6, 6.07) is 0. The Morgan fingerprint density at radius 3 is 0.855 bits per heavy atom. The maximum absolute atomic E-state index is 12.9. The molecule has 0 aliphatic carbocycles. The molecule has 0 spiro atoms. The molecule has 0 bridgehead atoms. The molecule has 0 saturated heterocycles. The maximum Gasteiger partial charge on any atom is 0.306 e. The minimum absolute atomic E-state index is 0.0748. The summed E-state index contributed by atoms with van der Waals surface area (Å²) in [4.78, 5) is 38.3. The fourth-order valence-corrected chi connectivity index (χ4v) is 9.77. The van der Waals surface area contributed by atoms with Crippen LogP contribution in [0.25, 0.3) is 0 Å². The summed E-state index contributed by atoms with van der Waals surface area (Å²) < 4.78 is 16.9. The third-order valence-corrected chi connectivity index (χ3v) is 14.8. The molecule has 0 aromatic carbocycles. The zero-order valence-electron chi connectivity index (χ0n) is 50.8. The number of esters is 3. The van der Waals surface area contributed by atoms with Crippen LogP contribution in [0.4, 0.5) is 0 Å². The third kappa shape index (κ3) is 62.0. The Bertz CT molecular complexity index is 1360. The summed E-state index contributed by atoms with van der Waals surface area (Å²) in [7, 11) is 0. The second-order valence-corrected chi connectivity index (χ2v) is 22.4. The van der Waals surface area contributed by atoms with Gasteiger partial charge in [-0.05, 0) is 77.0 Å². The minimum Gasteiger partial charge on any atom is -0.462 e. The van der Waals surface area contributed by atoms with E-state index in [0.717, 1.165) is 89.9 Å². The molecule has 76 heavy (non-hydrogen) atoms. The third-order valence-electron chi connectivity index (χ3n) is 14.8. The first-order valence-electron chi connectivity index (χ1n) is 33.3. The van der Waals surface area contributed by atoms with Crippen LogP contribution in [0.15, 0.2) is 60.8 Å². The van der Waals surface area contributed by atoms with E-state index < -0.39 is 6.10 Å². The Balaban J connectivity index is 4.23. The Morgan fingerprint density at radius 1 is 0.276 bits per heavy atom. The van der Waals surface area contributed by atoms with E-state index >= 15 is 0 Å². The quantitative estimate of drug-likeness (QED) is 0.0261. The fourth-order valence-electron chi connectivity index (χ4n) is 9.77. The predicted octanol–water partition coefficient (Wildman–Crippen LogP) is 22.7. The molecular formula is C70H126O6. The van der Waals surface area contributed by atoms with E-state index in [1.54, 1.807) is 0 Å². The molecule has 0 aromatic rings. The molecule has 442 valence electrons. The molecule has 0 rings (SSSR count). The van der Waals surface area contributed by atoms with Crippen LogP contribution in [-0.4, -0.2) is 37.2 Å². The number of carbonyl (C=O) groups excluding carboxylic acids is 3. The van der Waals surface area contributed by atoms with Gasteiger partial charge in [0, 0.05) is 19.3 Å². The van der Waals surface area contributed by atoms with Crippen LogP contribution in [0.5, 0.6) is 0 Å². The lowest BCUT2D eigenvalue weighted by Crippen LogP contribution is -2.30. The van der Waals surface area contributed by atoms with Gasteiger partial charge in [-0.3, -0.25) is 14.4 Å². The molecule has 0 radical (unpaired) electrons. The molecule has 6 heteroatoms. The largest absolute Gasteiger partial charge is 0.462 e. The van der Waals surface area contributed by atoms with E-state index in [1.807, 2.05) is 0 Å². The van der Waals surface area contributed by atoms with E-state index in [2.05, 4.69) is 81.5 Å². The summed E-state index contributed by atoms with van der Waals surface area (Å²) in [5.74, 6) is -0.870. The summed E-state index contributed by atoms with van der Waals surface area (Å²) >= 11 is 0. The van der Waals surface area contributed by atoms with Crippen molar-refractivity contribution in [2.24, 2.45) is 0 Å². The van der Waals surface area contributed by atoms with Crippen LogP contribution in [0.2, 0.25) is 0 Å². The lowest BCUT2D eigenvalue weighted by atomic mass is 10.0. The van der Waals surface area contributed by atoms with Crippen LogP contribution in [0.1, 0.15) is 348 Å². The van der Waals surface area contributed by atoms with Crippen molar-refractivity contribution in [2.45, 2.75) is 354 Å². The molecule has 0 aliphatic rings. The number of unbranched alkanes of at least 4 members (excludes halogenated alkanes) is 40. The smallest absolute Gasteiger partial charge is 0.306 e. The average molecular weight is 1060 g/mol. The van der Waals surface area contributed by atoms with Gasteiger partial charge in [-0.2, -0.15) is 0 Å². The molecule has 1 unspecified atom stereocenters. The lowest BCUT2D eigenvalue weighted by Gasteiger charge is -2.18. The fraction of sp³-hybridized carbons (Fsp3) is 0.814. The van der Waals surface area contributed by atoms with Gasteiger partial charge in [0.05, 0.1) is 0 Å². The number of hydrogen-bond donors (Lipinski definition) is 0. The summed E-state index contributed by atoms with van der Waals surface area (Å²) in [6.07, 6.45) is 82.4. The van der Waals surface area contributed by atoms with E-state index in [1.165, 1.54) is 218 Å². The number of allylic oxidation sites excluding steroid dienone is 10. The normalized spacial score (nSPS) is 12.4. The van der Waals surface area contributed by atoms with Crippen LogP contribution < -0.4 is 0 Å². The highest BCUT2D eigenvalue weighted by Crippen LogP contribution is 2.18. The molecule has 1 atom stereocenters. The van der Waals surface area contributed by atoms with Crippen molar-refractivity contribution in [1.29, 1.82) is 0 Å². The molecule has 6 nitrogen and oxygen atoms in total. The van der Waals surface area contributed by atoms with Gasteiger partial charge in [0.1, 0.15) is 13.2 Å². The van der Waals surface area contributed by atoms with E-state index in [9.17, 15) is 14.4 Å². The molecule has 0 fully saturated rings. The van der Waals surface area contributed by atoms with Crippen LogP contribution in [0.3, 0.4) is 0 Å². The first-order valence-corrected chi connectivity index (χ1v) is 33.3. The zero-order valence-corrected chi connectivity index (χ0v) is 50.8. The first-order chi connectivity index (χ1) is 37.5. The SMILES string of the molecule is CC/C=C\C/C=C\C/C=C\C/C=C\CCCCCCCCCCCCC(=O)OC(COC(=O)CCCCCCC/C=C\CCCC)COC(=O)CCCCCCCCCCCCCCCCCCCCCCCCCC. The standard InChI is InChI=1S/C70H126O6/c1-4-7-10-13-16-19-22-24-26-28-30-32-34-36-37-39-41-43-45-48-51-54-57-60-63-69(72)75-66-67(65-74-68(71)62-59-56-53-50-47-21-18-15-12-9-6-3)76-70(73)64-61-58-55-52-49-46-44-42-40-38-35-33-31-29-27-25-23-20-17-14-11-8-5-2/h8,11,15,17-18,20,25,27,31,33,67H,4-7,9-10,12-14,16,19,21-24,26,28-30,32,34-66H2,1-3H3/b11-8-,18-15-,20-17-,27-25-,33-31-. The van der Waals surface area contributed by atoms with E-state index in [0.29, 0.717) is 19.3 Å². The van der Waals surface area contributed by atoms with Crippen LogP contribution in [-0.2, 0) is 28.6 Å². The van der Waals surface area contributed by atoms with E-state index in [4.69, 9.17) is 14.2 Å². The predicted molar refractivity (Wildman–Crippen MR) is 330 cm³/mol. The van der Waals surface area contributed by atoms with Crippen molar-refractivity contribution < 1.29 is 28.6 Å². The summed E-state index contributed by atoms with van der Waals surface area (Å²) in [6.45, 7) is 6.53. The van der Waals surface area contributed by atoms with Gasteiger partial charge in [0.2, 0.25) is 0 Å². The zero-order chi connectivity index (χ0) is 55.0. The first kappa shape index (κ1) is 73.1.